The zero-order chi connectivity index (χ0) is 21.5. The molecular weight excluding hydrogens is 416 g/mol. The minimum atomic E-state index is -0.570. The minimum Gasteiger partial charge on any atom is -0.371 e. The number of amides is 3. The Kier molecular flexibility index (Phi) is 9.78. The van der Waals surface area contributed by atoms with Crippen LogP contribution in [-0.4, -0.2) is 55.3 Å². The number of hydrogen-bond donors (Lipinski definition) is 2. The maximum atomic E-state index is 13.1. The fourth-order valence-electron chi connectivity index (χ4n) is 4.38. The molecular formula is C23H35ClN4O3. The van der Waals surface area contributed by atoms with Gasteiger partial charge in [0.25, 0.3) is 5.91 Å². The summed E-state index contributed by atoms with van der Waals surface area (Å²) < 4.78 is 0. The minimum absolute atomic E-state index is 0. The monoisotopic (exact) mass is 450 g/mol. The van der Waals surface area contributed by atoms with E-state index in [0.29, 0.717) is 18.5 Å². The van der Waals surface area contributed by atoms with Gasteiger partial charge in [-0.15, -0.1) is 12.4 Å². The van der Waals surface area contributed by atoms with Gasteiger partial charge < -0.3 is 15.1 Å². The quantitative estimate of drug-likeness (QED) is 0.400. The number of carbonyl (C=O) groups excluding carboxylic acids is 3. The van der Waals surface area contributed by atoms with Crippen molar-refractivity contribution in [1.82, 2.24) is 15.5 Å². The van der Waals surface area contributed by atoms with E-state index in [1.165, 1.54) is 12.8 Å². The van der Waals surface area contributed by atoms with Gasteiger partial charge in [0.15, 0.2) is 0 Å². The Bertz CT molecular complexity index is 786. The number of halogens is 1. The molecule has 0 bridgehead atoms. The van der Waals surface area contributed by atoms with Crippen LogP contribution < -0.4 is 15.5 Å². The maximum Gasteiger partial charge on any atom is 0.255 e. The van der Waals surface area contributed by atoms with Crippen molar-refractivity contribution in [2.45, 2.75) is 64.5 Å². The topological polar surface area (TPSA) is 81.8 Å². The molecule has 1 aromatic carbocycles. The summed E-state index contributed by atoms with van der Waals surface area (Å²) in [6.45, 7) is 5.55. The number of carbonyl (C=O) groups is 3. The van der Waals surface area contributed by atoms with Crippen molar-refractivity contribution in [2.75, 3.05) is 31.6 Å². The van der Waals surface area contributed by atoms with E-state index in [2.05, 4.69) is 28.5 Å². The van der Waals surface area contributed by atoms with E-state index < -0.39 is 6.04 Å². The number of nitrogens with zero attached hydrogens (tertiary/aromatic N) is 2. The zero-order valence-corrected chi connectivity index (χ0v) is 19.4. The van der Waals surface area contributed by atoms with Crippen LogP contribution in [0.5, 0.6) is 0 Å². The first-order chi connectivity index (χ1) is 14.6. The Morgan fingerprint density at radius 1 is 1.13 bits per heavy atom. The van der Waals surface area contributed by atoms with Crippen molar-refractivity contribution < 1.29 is 14.4 Å². The van der Waals surface area contributed by atoms with Gasteiger partial charge >= 0.3 is 0 Å². The molecule has 2 N–H and O–H groups in total. The predicted molar refractivity (Wildman–Crippen MR) is 125 cm³/mol. The third kappa shape index (κ3) is 5.98. The fraction of sp³-hybridized carbons (Fsp3) is 0.609. The van der Waals surface area contributed by atoms with Crippen LogP contribution >= 0.6 is 12.4 Å². The van der Waals surface area contributed by atoms with Crippen LogP contribution in [0.15, 0.2) is 18.2 Å². The summed E-state index contributed by atoms with van der Waals surface area (Å²) in [5, 5.41) is 5.58. The van der Waals surface area contributed by atoms with Crippen LogP contribution in [0, 0.1) is 0 Å². The molecule has 1 aromatic rings. The lowest BCUT2D eigenvalue weighted by Gasteiger charge is -2.30. The smallest absolute Gasteiger partial charge is 0.255 e. The Morgan fingerprint density at radius 2 is 1.87 bits per heavy atom. The van der Waals surface area contributed by atoms with Crippen molar-refractivity contribution in [3.8, 4) is 0 Å². The Hall–Kier alpha value is -2.12. The molecule has 2 aliphatic heterocycles. The summed E-state index contributed by atoms with van der Waals surface area (Å²) in [6.07, 6.45) is 6.34. The van der Waals surface area contributed by atoms with Gasteiger partial charge in [0.2, 0.25) is 11.8 Å². The first-order valence-electron chi connectivity index (χ1n) is 11.2. The van der Waals surface area contributed by atoms with Gasteiger partial charge in [0.05, 0.1) is 0 Å². The van der Waals surface area contributed by atoms with Gasteiger partial charge in [-0.3, -0.25) is 19.7 Å². The normalized spacial score (nSPS) is 17.9. The number of nitrogens with one attached hydrogen (secondary N) is 2. The van der Waals surface area contributed by atoms with Crippen molar-refractivity contribution in [1.29, 1.82) is 0 Å². The molecule has 172 valence electrons. The number of hydrogen-bond acceptors (Lipinski definition) is 5. The first kappa shape index (κ1) is 25.1. The van der Waals surface area contributed by atoms with E-state index >= 15 is 0 Å². The molecule has 0 radical (unpaired) electrons. The highest BCUT2D eigenvalue weighted by molar-refractivity contribution is 6.06. The second-order valence-electron chi connectivity index (χ2n) is 8.21. The van der Waals surface area contributed by atoms with E-state index in [1.54, 1.807) is 4.90 Å². The second kappa shape index (κ2) is 12.1. The van der Waals surface area contributed by atoms with Crippen LogP contribution in [0.4, 0.5) is 5.69 Å². The number of fused-ring (bicyclic) bond motifs is 1. The van der Waals surface area contributed by atoms with E-state index in [0.717, 1.165) is 50.1 Å². The third-order valence-electron chi connectivity index (χ3n) is 6.03. The van der Waals surface area contributed by atoms with E-state index in [1.807, 2.05) is 19.2 Å². The Balaban J connectivity index is 0.00000341. The van der Waals surface area contributed by atoms with Gasteiger partial charge in [0, 0.05) is 42.9 Å². The molecule has 1 unspecified atom stereocenters. The van der Waals surface area contributed by atoms with Gasteiger partial charge in [-0.05, 0) is 51.4 Å². The molecule has 8 heteroatoms. The van der Waals surface area contributed by atoms with E-state index in [4.69, 9.17) is 0 Å². The fourth-order valence-corrected chi connectivity index (χ4v) is 4.38. The number of imide groups is 1. The molecule has 3 rings (SSSR count). The average Bonchev–Trinajstić information content (AvgIpc) is 3.06. The maximum absolute atomic E-state index is 13.1. The molecule has 31 heavy (non-hydrogen) atoms. The highest BCUT2D eigenvalue weighted by Crippen LogP contribution is 2.34. The molecule has 2 aliphatic rings. The number of benzene rings is 1. The number of anilines is 1. The van der Waals surface area contributed by atoms with Crippen LogP contribution in [0.3, 0.4) is 0 Å². The summed E-state index contributed by atoms with van der Waals surface area (Å²) in [7, 11) is 1.97. The molecule has 1 saturated heterocycles. The first-order valence-corrected chi connectivity index (χ1v) is 11.2. The molecule has 0 aliphatic carbocycles. The largest absolute Gasteiger partial charge is 0.371 e. The Morgan fingerprint density at radius 3 is 2.55 bits per heavy atom. The van der Waals surface area contributed by atoms with Crippen molar-refractivity contribution >= 4 is 35.8 Å². The van der Waals surface area contributed by atoms with Crippen LogP contribution in [-0.2, 0) is 16.1 Å². The SMILES string of the molecule is CCCCCN(CCCCNC)c1cccc2c1CN(C1CCC(=O)NC1=O)C2=O.Cl. The van der Waals surface area contributed by atoms with Gasteiger partial charge in [-0.25, -0.2) is 0 Å². The van der Waals surface area contributed by atoms with Crippen LogP contribution in [0.1, 0.15) is 67.8 Å². The predicted octanol–water partition coefficient (Wildman–Crippen LogP) is 2.87. The van der Waals surface area contributed by atoms with Crippen molar-refractivity contribution in [3.05, 3.63) is 29.3 Å². The van der Waals surface area contributed by atoms with Gasteiger partial charge in [0.1, 0.15) is 6.04 Å². The van der Waals surface area contributed by atoms with Crippen LogP contribution in [0.25, 0.3) is 0 Å². The average molecular weight is 451 g/mol. The summed E-state index contributed by atoms with van der Waals surface area (Å²) in [5.41, 5.74) is 2.81. The molecule has 0 aromatic heterocycles. The lowest BCUT2D eigenvalue weighted by molar-refractivity contribution is -0.136. The molecule has 1 fully saturated rings. The molecule has 0 saturated carbocycles. The zero-order valence-electron chi connectivity index (χ0n) is 18.6. The lowest BCUT2D eigenvalue weighted by atomic mass is 10.0. The molecule has 3 amide bonds. The second-order valence-corrected chi connectivity index (χ2v) is 8.21. The summed E-state index contributed by atoms with van der Waals surface area (Å²) in [6, 6.07) is 5.34. The van der Waals surface area contributed by atoms with Crippen molar-refractivity contribution in [3.63, 3.8) is 0 Å². The summed E-state index contributed by atoms with van der Waals surface area (Å²) in [4.78, 5) is 41.0. The highest BCUT2D eigenvalue weighted by Gasteiger charge is 2.40. The van der Waals surface area contributed by atoms with Crippen molar-refractivity contribution in [2.24, 2.45) is 0 Å². The summed E-state index contributed by atoms with van der Waals surface area (Å²) in [5.74, 6) is -0.726. The van der Waals surface area contributed by atoms with Gasteiger partial charge in [-0.2, -0.15) is 0 Å². The molecule has 0 spiro atoms. The highest BCUT2D eigenvalue weighted by atomic mass is 35.5. The molecule has 7 nitrogen and oxygen atoms in total. The number of unbranched alkanes of at least 4 members (excludes halogenated alkanes) is 3. The van der Waals surface area contributed by atoms with E-state index in [9.17, 15) is 14.4 Å². The molecule has 2 heterocycles. The van der Waals surface area contributed by atoms with E-state index in [-0.39, 0.29) is 36.5 Å². The summed E-state index contributed by atoms with van der Waals surface area (Å²) >= 11 is 0. The van der Waals surface area contributed by atoms with Crippen LogP contribution in [0.2, 0.25) is 0 Å². The molecule has 1 atom stereocenters. The van der Waals surface area contributed by atoms with Gasteiger partial charge in [-0.1, -0.05) is 25.8 Å². The third-order valence-corrected chi connectivity index (χ3v) is 6.03. The lowest BCUT2D eigenvalue weighted by Crippen LogP contribution is -2.52. The Labute approximate surface area is 191 Å². The number of rotatable bonds is 11. The number of piperidine rings is 1. The standard InChI is InChI=1S/C23H34N4O3.ClH/c1-3-4-6-14-26(15-7-5-13-24-2)19-10-8-9-17-18(19)16-27(23(17)30)20-11-12-21(28)25-22(20)29;/h8-10,20,24H,3-7,11-16H2,1-2H3,(H,25,28,29);1H.